The molecular weight excluding hydrogens is 279 g/mol. The normalized spacial score (nSPS) is 18.8. The Kier molecular flexibility index (Phi) is 4.69. The summed E-state index contributed by atoms with van der Waals surface area (Å²) in [6.07, 6.45) is 2.59. The zero-order chi connectivity index (χ0) is 9.68. The SMILES string of the molecule is CC(=N)CC(=O)NC1CC[I-]CC1. The molecule has 0 spiro atoms. The van der Waals surface area contributed by atoms with Gasteiger partial charge >= 0.3 is 89.4 Å². The third kappa shape index (κ3) is 4.59. The monoisotopic (exact) mass is 295 g/mol. The van der Waals surface area contributed by atoms with Crippen LogP contribution in [0.25, 0.3) is 0 Å². The maximum absolute atomic E-state index is 11.3. The molecule has 2 N–H and O–H groups in total. The van der Waals surface area contributed by atoms with E-state index in [9.17, 15) is 4.79 Å². The molecule has 1 aliphatic rings. The van der Waals surface area contributed by atoms with Crippen LogP contribution in [0.15, 0.2) is 0 Å². The molecule has 0 radical (unpaired) electrons. The Bertz CT molecular complexity index is 200. The molecule has 76 valence electrons. The van der Waals surface area contributed by atoms with Gasteiger partial charge in [-0.15, -0.1) is 0 Å². The van der Waals surface area contributed by atoms with E-state index in [1.807, 2.05) is 0 Å². The summed E-state index contributed by atoms with van der Waals surface area (Å²) >= 11 is 0.451. The van der Waals surface area contributed by atoms with E-state index in [2.05, 4.69) is 5.32 Å². The van der Waals surface area contributed by atoms with Gasteiger partial charge in [0.1, 0.15) is 0 Å². The van der Waals surface area contributed by atoms with Gasteiger partial charge in [-0.2, -0.15) is 0 Å². The van der Waals surface area contributed by atoms with Crippen LogP contribution in [-0.2, 0) is 4.79 Å². The van der Waals surface area contributed by atoms with Crippen molar-refractivity contribution in [2.75, 3.05) is 8.86 Å². The molecule has 4 heteroatoms. The molecule has 0 bridgehead atoms. The zero-order valence-electron chi connectivity index (χ0n) is 7.90. The first-order valence-electron chi connectivity index (χ1n) is 4.55. The minimum atomic E-state index is 0.0256. The summed E-state index contributed by atoms with van der Waals surface area (Å²) in [5.41, 5.74) is 0.445. The van der Waals surface area contributed by atoms with Crippen LogP contribution in [0.3, 0.4) is 0 Å². The van der Waals surface area contributed by atoms with Crippen LogP contribution >= 0.6 is 0 Å². The van der Waals surface area contributed by atoms with Crippen molar-refractivity contribution < 1.29 is 26.0 Å². The van der Waals surface area contributed by atoms with Gasteiger partial charge in [0.25, 0.3) is 0 Å². The number of rotatable bonds is 3. The quantitative estimate of drug-likeness (QED) is 0.346. The number of carbonyl (C=O) groups excluding carboxylic acids is 1. The summed E-state index contributed by atoms with van der Waals surface area (Å²) in [7, 11) is 0. The molecule has 0 aromatic heterocycles. The fourth-order valence-electron chi connectivity index (χ4n) is 1.32. The molecule has 0 saturated carbocycles. The minimum absolute atomic E-state index is 0.0256. The van der Waals surface area contributed by atoms with E-state index in [0.29, 0.717) is 33.0 Å². The van der Waals surface area contributed by atoms with Crippen molar-refractivity contribution in [2.24, 2.45) is 0 Å². The van der Waals surface area contributed by atoms with E-state index < -0.39 is 0 Å². The van der Waals surface area contributed by atoms with Crippen LogP contribution in [0.2, 0.25) is 0 Å². The van der Waals surface area contributed by atoms with E-state index in [4.69, 9.17) is 5.41 Å². The summed E-state index contributed by atoms with van der Waals surface area (Å²) in [5.74, 6) is 0.0256. The Morgan fingerprint density at radius 2 is 2.15 bits per heavy atom. The average Bonchev–Trinajstić information content (AvgIpc) is 2.04. The Morgan fingerprint density at radius 1 is 1.54 bits per heavy atom. The van der Waals surface area contributed by atoms with Crippen LogP contribution in [0, 0.1) is 5.41 Å². The molecule has 0 aliphatic carbocycles. The molecule has 1 amide bonds. The van der Waals surface area contributed by atoms with Gasteiger partial charge in [0, 0.05) is 0 Å². The van der Waals surface area contributed by atoms with E-state index in [1.54, 1.807) is 6.92 Å². The standard InChI is InChI=1S/C9H16IN2O/c1-7(11)6-9(13)12-8-2-4-10-5-3-8/h8,11H,2-6H2,1H3,(H,12,13)/q-1. The Balaban J connectivity index is 2.22. The summed E-state index contributed by atoms with van der Waals surface area (Å²) < 4.78 is 2.68. The Morgan fingerprint density at radius 3 is 2.69 bits per heavy atom. The molecule has 0 atom stereocenters. The van der Waals surface area contributed by atoms with Gasteiger partial charge in [0.05, 0.1) is 0 Å². The zero-order valence-corrected chi connectivity index (χ0v) is 10.1. The summed E-state index contributed by atoms with van der Waals surface area (Å²) in [5, 5.41) is 10.2. The third-order valence-corrected chi connectivity index (χ3v) is 4.74. The van der Waals surface area contributed by atoms with E-state index >= 15 is 0 Å². The molecule has 1 saturated heterocycles. The summed E-state index contributed by atoms with van der Waals surface area (Å²) in [4.78, 5) is 11.3. The fourth-order valence-corrected chi connectivity index (χ4v) is 4.24. The number of alkyl halides is 2. The van der Waals surface area contributed by atoms with Crippen molar-refractivity contribution in [3.8, 4) is 0 Å². The number of amides is 1. The number of hydrogen-bond donors (Lipinski definition) is 2. The molecule has 1 fully saturated rings. The third-order valence-electron chi connectivity index (χ3n) is 1.97. The number of halogens is 1. The van der Waals surface area contributed by atoms with Gasteiger partial charge in [-0.25, -0.2) is 0 Å². The molecule has 0 aromatic carbocycles. The van der Waals surface area contributed by atoms with Crippen molar-refractivity contribution in [3.05, 3.63) is 0 Å². The number of nitrogens with one attached hydrogen (secondary N) is 2. The van der Waals surface area contributed by atoms with Crippen LogP contribution in [0.5, 0.6) is 0 Å². The Hall–Kier alpha value is -0.130. The van der Waals surface area contributed by atoms with Crippen molar-refractivity contribution in [1.82, 2.24) is 5.32 Å². The molecule has 1 aliphatic heterocycles. The summed E-state index contributed by atoms with van der Waals surface area (Å²) in [6, 6.07) is 0.403. The van der Waals surface area contributed by atoms with Crippen molar-refractivity contribution in [2.45, 2.75) is 32.2 Å². The predicted octanol–water partition coefficient (Wildman–Crippen LogP) is -2.22. The number of carbonyl (C=O) groups is 1. The summed E-state index contributed by atoms with van der Waals surface area (Å²) in [6.45, 7) is 1.67. The van der Waals surface area contributed by atoms with Gasteiger partial charge in [-0.3, -0.25) is 0 Å². The topological polar surface area (TPSA) is 53.0 Å². The Labute approximate surface area is 89.4 Å². The molecule has 3 nitrogen and oxygen atoms in total. The second-order valence-electron chi connectivity index (χ2n) is 3.37. The predicted molar refractivity (Wildman–Crippen MR) is 48.9 cm³/mol. The van der Waals surface area contributed by atoms with E-state index in [0.717, 1.165) is 12.8 Å². The van der Waals surface area contributed by atoms with Crippen LogP contribution in [0.4, 0.5) is 0 Å². The number of hydrogen-bond acceptors (Lipinski definition) is 2. The van der Waals surface area contributed by atoms with Crippen LogP contribution < -0.4 is 26.5 Å². The first-order chi connectivity index (χ1) is 6.18. The van der Waals surface area contributed by atoms with Gasteiger partial charge < -0.3 is 0 Å². The van der Waals surface area contributed by atoms with Gasteiger partial charge in [-0.05, 0) is 0 Å². The first-order valence-corrected chi connectivity index (χ1v) is 7.60. The van der Waals surface area contributed by atoms with Crippen LogP contribution in [-0.4, -0.2) is 26.5 Å². The second-order valence-corrected chi connectivity index (χ2v) is 6.60. The average molecular weight is 295 g/mol. The fraction of sp³-hybridized carbons (Fsp3) is 0.778. The van der Waals surface area contributed by atoms with Gasteiger partial charge in [0.15, 0.2) is 0 Å². The molecule has 1 heterocycles. The maximum atomic E-state index is 11.3. The van der Waals surface area contributed by atoms with Crippen LogP contribution in [0.1, 0.15) is 26.2 Å². The second kappa shape index (κ2) is 5.57. The molecule has 0 unspecified atom stereocenters. The van der Waals surface area contributed by atoms with Gasteiger partial charge in [0.2, 0.25) is 0 Å². The van der Waals surface area contributed by atoms with E-state index in [1.165, 1.54) is 8.86 Å². The molecule has 0 aromatic rings. The van der Waals surface area contributed by atoms with E-state index in [-0.39, 0.29) is 12.3 Å². The van der Waals surface area contributed by atoms with Crippen molar-refractivity contribution >= 4 is 11.6 Å². The molecular formula is C9H16IN2O-. The molecule has 1 rings (SSSR count). The van der Waals surface area contributed by atoms with Crippen molar-refractivity contribution in [3.63, 3.8) is 0 Å². The van der Waals surface area contributed by atoms with Crippen molar-refractivity contribution in [1.29, 1.82) is 5.41 Å². The molecule has 13 heavy (non-hydrogen) atoms. The van der Waals surface area contributed by atoms with Gasteiger partial charge in [-0.1, -0.05) is 0 Å². The first kappa shape index (κ1) is 10.9.